The van der Waals surface area contributed by atoms with Crippen LogP contribution in [0.15, 0.2) is 103 Å². The quantitative estimate of drug-likeness (QED) is 0.147. The molecular formula is C59H76Cl2Zr-4. The average Bonchev–Trinajstić information content (AvgIpc) is 3.84. The molecular weight excluding hydrogens is 871 g/mol. The Morgan fingerprint density at radius 1 is 0.661 bits per heavy atom. The molecule has 0 heterocycles. The van der Waals surface area contributed by atoms with E-state index in [2.05, 4.69) is 212 Å². The van der Waals surface area contributed by atoms with Crippen molar-refractivity contribution >= 4 is 40.2 Å². The number of hydrogen-bond acceptors (Lipinski definition) is 0. The van der Waals surface area contributed by atoms with Crippen molar-refractivity contribution in [3.63, 3.8) is 0 Å². The molecule has 4 aromatic rings. The molecule has 62 heavy (non-hydrogen) atoms. The second kappa shape index (κ2) is 22.3. The van der Waals surface area contributed by atoms with E-state index in [1.807, 2.05) is 24.3 Å². The molecule has 3 heteroatoms. The first-order valence-electron chi connectivity index (χ1n) is 22.1. The summed E-state index contributed by atoms with van der Waals surface area (Å²) in [7, 11) is 0. The molecule has 0 saturated carbocycles. The van der Waals surface area contributed by atoms with E-state index < -0.39 is 0 Å². The van der Waals surface area contributed by atoms with Gasteiger partial charge >= 0.3 is 28.4 Å². The first-order chi connectivity index (χ1) is 27.9. The van der Waals surface area contributed by atoms with Crippen LogP contribution in [0.3, 0.4) is 0 Å². The van der Waals surface area contributed by atoms with E-state index in [0.29, 0.717) is 11.3 Å². The van der Waals surface area contributed by atoms with Crippen molar-refractivity contribution in [2.45, 2.75) is 152 Å². The van der Waals surface area contributed by atoms with Gasteiger partial charge in [0.2, 0.25) is 0 Å². The summed E-state index contributed by atoms with van der Waals surface area (Å²) in [6.45, 7) is 36.1. The van der Waals surface area contributed by atoms with Gasteiger partial charge in [-0.3, -0.25) is 6.08 Å². The Hall–Kier alpha value is -2.96. The molecule has 1 unspecified atom stereocenters. The van der Waals surface area contributed by atoms with E-state index in [1.165, 1.54) is 103 Å². The second-order valence-corrected chi connectivity index (χ2v) is 21.3. The van der Waals surface area contributed by atoms with Gasteiger partial charge in [0, 0.05) is 0 Å². The van der Waals surface area contributed by atoms with Crippen molar-refractivity contribution < 1.29 is 24.2 Å². The van der Waals surface area contributed by atoms with Crippen molar-refractivity contribution in [2.24, 2.45) is 11.3 Å². The molecule has 4 aliphatic rings. The molecule has 0 aliphatic heterocycles. The molecule has 0 radical (unpaired) electrons. The standard InChI is InChI=1S/C27H29.C11H17.2C10H13.CH2.2ClH.Zr/c1-16-7-9-26(3,4)24-12-18-11-19-13-25-21(17(2)8-10-27(25,5)6)15-23(19)22(18)14-20(16)24;1-5-9-6-7-10(8-9)11(2,3)4;2*1-10(2,3)9-7-5-4-6-8-9;;;;/h7-9,12-15H,10-11H2,1-6H3;7-9H,5H2,1-4H3;2*5-8H,1-3H3;1H2;2*1H;/q4*-1;;;;. The molecule has 4 aliphatic carbocycles. The van der Waals surface area contributed by atoms with Crippen molar-refractivity contribution in [1.82, 2.24) is 0 Å². The Labute approximate surface area is 407 Å². The van der Waals surface area contributed by atoms with Crippen molar-refractivity contribution in [1.29, 1.82) is 0 Å². The Bertz CT molecular complexity index is 2070. The van der Waals surface area contributed by atoms with Gasteiger partial charge in [-0.1, -0.05) is 150 Å². The fourth-order valence-electron chi connectivity index (χ4n) is 8.16. The van der Waals surface area contributed by atoms with Crippen LogP contribution in [-0.2, 0) is 52.3 Å². The topological polar surface area (TPSA) is 0 Å². The summed E-state index contributed by atoms with van der Waals surface area (Å²) >= 11 is 1.30. The monoisotopic (exact) mass is 944 g/mol. The Balaban J connectivity index is 0.000000316. The molecule has 0 nitrogen and oxygen atoms in total. The molecule has 0 fully saturated rings. The average molecular weight is 947 g/mol. The van der Waals surface area contributed by atoms with Crippen LogP contribution in [0.25, 0.3) is 22.3 Å². The Kier molecular flexibility index (Phi) is 19.8. The predicted octanol–water partition coefficient (Wildman–Crippen LogP) is 17.0. The molecule has 0 spiro atoms. The summed E-state index contributed by atoms with van der Waals surface area (Å²) in [5.41, 5.74) is 20.0. The van der Waals surface area contributed by atoms with Crippen LogP contribution in [0.1, 0.15) is 168 Å². The van der Waals surface area contributed by atoms with Gasteiger partial charge in [-0.2, -0.15) is 89.0 Å². The molecule has 8 rings (SSSR count). The van der Waals surface area contributed by atoms with Gasteiger partial charge in [0.05, 0.1) is 0 Å². The van der Waals surface area contributed by atoms with Crippen molar-refractivity contribution in [3.05, 3.63) is 172 Å². The number of fused-ring (bicyclic) bond motifs is 5. The van der Waals surface area contributed by atoms with E-state index in [-0.39, 0.29) is 46.5 Å². The van der Waals surface area contributed by atoms with E-state index in [4.69, 9.17) is 0 Å². The number of benzene rings is 4. The van der Waals surface area contributed by atoms with Crippen LogP contribution in [0, 0.1) is 36.0 Å². The van der Waals surface area contributed by atoms with Crippen LogP contribution < -0.4 is 0 Å². The van der Waals surface area contributed by atoms with Crippen LogP contribution >= 0.6 is 24.8 Å². The zero-order chi connectivity index (χ0) is 44.8. The fourth-order valence-corrected chi connectivity index (χ4v) is 8.16. The van der Waals surface area contributed by atoms with E-state index in [0.717, 1.165) is 12.8 Å². The molecule has 1 atom stereocenters. The maximum atomic E-state index is 3.35. The van der Waals surface area contributed by atoms with Gasteiger partial charge in [-0.05, 0) is 81.0 Å². The molecule has 0 aromatic heterocycles. The Morgan fingerprint density at radius 2 is 1.11 bits per heavy atom. The summed E-state index contributed by atoms with van der Waals surface area (Å²) < 4.78 is 3.34. The van der Waals surface area contributed by atoms with E-state index in [1.54, 1.807) is 0 Å². The predicted molar refractivity (Wildman–Crippen MR) is 276 cm³/mol. The molecule has 0 saturated heterocycles. The Morgan fingerprint density at radius 3 is 1.50 bits per heavy atom. The van der Waals surface area contributed by atoms with Crippen LogP contribution in [0.5, 0.6) is 0 Å². The number of allylic oxidation sites excluding steroid dienone is 8. The maximum absolute atomic E-state index is 3.35. The third kappa shape index (κ3) is 13.8. The van der Waals surface area contributed by atoms with Crippen molar-refractivity contribution in [3.8, 4) is 11.1 Å². The minimum absolute atomic E-state index is 0. The second-order valence-electron chi connectivity index (χ2n) is 21.3. The number of rotatable bonds is 1. The van der Waals surface area contributed by atoms with E-state index >= 15 is 0 Å². The minimum atomic E-state index is 0. The van der Waals surface area contributed by atoms with Gasteiger partial charge in [0.25, 0.3) is 0 Å². The third-order valence-electron chi connectivity index (χ3n) is 12.4. The van der Waals surface area contributed by atoms with Crippen LogP contribution in [-0.4, -0.2) is 4.21 Å². The van der Waals surface area contributed by atoms with Crippen molar-refractivity contribution in [2.75, 3.05) is 0 Å². The van der Waals surface area contributed by atoms with Crippen LogP contribution in [0.2, 0.25) is 0 Å². The molecule has 0 N–H and O–H groups in total. The SMILES string of the molecule is CC(C)(C)c1cc[c-]cc1.CC(C)(C)c1cc[c-]cc1.CC1=C[CH-]C(C)(C)c2cc3c(cc21)-c1cc2c(cc1C3)C(C)(C)CC=C2C.CCC1[C-]=CC(C(C)(C)C)=C1.Cl.Cl.[CH2]=[Zr]. The molecule has 334 valence electrons. The van der Waals surface area contributed by atoms with Gasteiger partial charge < -0.3 is 0 Å². The zero-order valence-electron chi connectivity index (χ0n) is 41.0. The number of hydrogen-bond donors (Lipinski definition) is 0. The molecule has 0 amide bonds. The fraction of sp³-hybridized carbons (Fsp3) is 0.424. The zero-order valence-corrected chi connectivity index (χ0v) is 45.1. The van der Waals surface area contributed by atoms with Gasteiger partial charge in [0.1, 0.15) is 0 Å². The molecule has 4 aromatic carbocycles. The van der Waals surface area contributed by atoms with E-state index in [9.17, 15) is 0 Å². The first-order valence-corrected chi connectivity index (χ1v) is 23.8. The summed E-state index contributed by atoms with van der Waals surface area (Å²) in [5.74, 6) is 0.573. The molecule has 0 bridgehead atoms. The summed E-state index contributed by atoms with van der Waals surface area (Å²) in [6.07, 6.45) is 18.3. The van der Waals surface area contributed by atoms with Gasteiger partial charge in [0.15, 0.2) is 0 Å². The first kappa shape index (κ1) is 55.2. The summed E-state index contributed by atoms with van der Waals surface area (Å²) in [6, 6.07) is 32.2. The van der Waals surface area contributed by atoms with Crippen LogP contribution in [0.4, 0.5) is 0 Å². The summed E-state index contributed by atoms with van der Waals surface area (Å²) in [4.78, 5) is 0. The number of halogens is 2. The van der Waals surface area contributed by atoms with Gasteiger partial charge in [-0.25, -0.2) is 18.6 Å². The normalized spacial score (nSPS) is 17.0. The third-order valence-corrected chi connectivity index (χ3v) is 12.4. The van der Waals surface area contributed by atoms with Gasteiger partial charge in [-0.15, -0.1) is 37.3 Å². The summed E-state index contributed by atoms with van der Waals surface area (Å²) in [5, 5.41) is 0.